The fourth-order valence-corrected chi connectivity index (χ4v) is 3.32. The van der Waals surface area contributed by atoms with Gasteiger partial charge in [-0.1, -0.05) is 51.1 Å². The Hall–Kier alpha value is -2.59. The molecule has 28 heavy (non-hydrogen) atoms. The molecule has 0 fully saturated rings. The zero-order valence-electron chi connectivity index (χ0n) is 17.8. The summed E-state index contributed by atoms with van der Waals surface area (Å²) in [7, 11) is 4.14. The van der Waals surface area contributed by atoms with E-state index >= 15 is 0 Å². The van der Waals surface area contributed by atoms with E-state index in [1.165, 1.54) is 11.1 Å². The lowest BCUT2D eigenvalue weighted by Crippen LogP contribution is -2.20. The van der Waals surface area contributed by atoms with E-state index in [-0.39, 0.29) is 0 Å². The first-order valence-electron chi connectivity index (χ1n) is 9.80. The molecule has 0 aliphatic rings. The van der Waals surface area contributed by atoms with Gasteiger partial charge in [0.25, 0.3) is 0 Å². The summed E-state index contributed by atoms with van der Waals surface area (Å²) in [6.07, 6.45) is 1.64. The van der Waals surface area contributed by atoms with Crippen LogP contribution in [0.1, 0.15) is 44.7 Å². The van der Waals surface area contributed by atoms with Gasteiger partial charge in [0.1, 0.15) is 5.75 Å². The van der Waals surface area contributed by atoms with Crippen molar-refractivity contribution in [3.05, 3.63) is 65.7 Å². The molecule has 0 saturated heterocycles. The Labute approximate surface area is 169 Å². The van der Waals surface area contributed by atoms with E-state index in [9.17, 15) is 4.79 Å². The minimum Gasteiger partial charge on any atom is -0.410 e. The number of carbonyl (C=O) groups excluding carboxylic acids is 1. The minimum absolute atomic E-state index is 0.378. The second-order valence-corrected chi connectivity index (χ2v) is 7.73. The number of nitrogens with one attached hydrogen (secondary N) is 1. The highest BCUT2D eigenvalue weighted by atomic mass is 16.6. The van der Waals surface area contributed by atoms with Crippen LogP contribution in [-0.4, -0.2) is 31.6 Å². The predicted octanol–water partition coefficient (Wildman–Crippen LogP) is 6.02. The number of hydrogen-bond acceptors (Lipinski definition) is 3. The lowest BCUT2D eigenvalue weighted by Gasteiger charge is -2.20. The summed E-state index contributed by atoms with van der Waals surface area (Å²) in [6.45, 7) is 9.49. The van der Waals surface area contributed by atoms with Gasteiger partial charge in [-0.15, -0.1) is 0 Å². The quantitative estimate of drug-likeness (QED) is 0.638. The summed E-state index contributed by atoms with van der Waals surface area (Å²) in [6, 6.07) is 15.5. The second kappa shape index (κ2) is 10.1. The third-order valence-electron chi connectivity index (χ3n) is 4.68. The summed E-state index contributed by atoms with van der Waals surface area (Å²) in [5.74, 6) is 1.37. The van der Waals surface area contributed by atoms with Gasteiger partial charge in [0, 0.05) is 12.2 Å². The summed E-state index contributed by atoms with van der Waals surface area (Å²) in [4.78, 5) is 14.4. The third kappa shape index (κ3) is 6.24. The molecule has 2 aromatic carbocycles. The van der Waals surface area contributed by atoms with Crippen molar-refractivity contribution in [1.29, 1.82) is 0 Å². The van der Waals surface area contributed by atoms with Crippen LogP contribution >= 0.6 is 0 Å². The van der Waals surface area contributed by atoms with Gasteiger partial charge in [0.15, 0.2) is 0 Å². The van der Waals surface area contributed by atoms with Crippen LogP contribution in [0.15, 0.2) is 54.6 Å². The van der Waals surface area contributed by atoms with Gasteiger partial charge in [-0.05, 0) is 73.8 Å². The van der Waals surface area contributed by atoms with Crippen molar-refractivity contribution in [2.75, 3.05) is 26.0 Å². The topological polar surface area (TPSA) is 41.6 Å². The molecule has 0 aliphatic heterocycles. The van der Waals surface area contributed by atoms with Gasteiger partial charge in [-0.3, -0.25) is 5.32 Å². The Morgan fingerprint density at radius 2 is 1.79 bits per heavy atom. The SMILES string of the molecule is CC=C(c1cccc(OC(=O)Nc2ccc(C(C)C)cc2)c1)[C@H](C)CN(C)C. The van der Waals surface area contributed by atoms with Crippen LogP contribution in [0.3, 0.4) is 0 Å². The average Bonchev–Trinajstić information content (AvgIpc) is 2.62. The molecule has 1 atom stereocenters. The van der Waals surface area contributed by atoms with Crippen molar-refractivity contribution >= 4 is 17.4 Å². The number of carbonyl (C=O) groups is 1. The highest BCUT2D eigenvalue weighted by molar-refractivity contribution is 5.86. The van der Waals surface area contributed by atoms with Crippen molar-refractivity contribution in [2.45, 2.75) is 33.6 Å². The monoisotopic (exact) mass is 380 g/mol. The number of nitrogens with zero attached hydrogens (tertiary/aromatic N) is 1. The van der Waals surface area contributed by atoms with Crippen molar-refractivity contribution in [1.82, 2.24) is 4.90 Å². The first kappa shape index (κ1) is 21.7. The van der Waals surface area contributed by atoms with E-state index in [2.05, 4.69) is 57.2 Å². The molecule has 0 bridgehead atoms. The molecule has 0 aliphatic carbocycles. The number of amides is 1. The molecule has 0 unspecified atom stereocenters. The van der Waals surface area contributed by atoms with Crippen LogP contribution in [-0.2, 0) is 0 Å². The first-order chi connectivity index (χ1) is 13.3. The van der Waals surface area contributed by atoms with E-state index in [4.69, 9.17) is 4.74 Å². The normalized spacial score (nSPS) is 12.9. The van der Waals surface area contributed by atoms with Crippen molar-refractivity contribution < 1.29 is 9.53 Å². The number of anilines is 1. The van der Waals surface area contributed by atoms with Gasteiger partial charge in [-0.2, -0.15) is 0 Å². The molecule has 4 heteroatoms. The van der Waals surface area contributed by atoms with E-state index in [1.807, 2.05) is 43.3 Å². The molecule has 1 amide bonds. The van der Waals surface area contributed by atoms with Crippen molar-refractivity contribution in [3.8, 4) is 5.75 Å². The predicted molar refractivity (Wildman–Crippen MR) is 118 cm³/mol. The Morgan fingerprint density at radius 3 is 2.36 bits per heavy atom. The molecule has 0 spiro atoms. The third-order valence-corrected chi connectivity index (χ3v) is 4.68. The number of benzene rings is 2. The Morgan fingerprint density at radius 1 is 1.11 bits per heavy atom. The first-order valence-corrected chi connectivity index (χ1v) is 9.80. The Balaban J connectivity index is 2.06. The Bertz CT molecular complexity index is 808. The molecular weight excluding hydrogens is 348 g/mol. The smallest absolute Gasteiger partial charge is 0.410 e. The van der Waals surface area contributed by atoms with E-state index in [1.54, 1.807) is 6.07 Å². The van der Waals surface area contributed by atoms with Crippen LogP contribution < -0.4 is 10.1 Å². The maximum atomic E-state index is 12.3. The van der Waals surface area contributed by atoms with Crippen LogP contribution in [0.5, 0.6) is 5.75 Å². The molecule has 4 nitrogen and oxygen atoms in total. The van der Waals surface area contributed by atoms with Crippen LogP contribution in [0.25, 0.3) is 5.57 Å². The maximum Gasteiger partial charge on any atom is 0.417 e. The zero-order chi connectivity index (χ0) is 20.7. The number of hydrogen-bond donors (Lipinski definition) is 1. The number of allylic oxidation sites excluding steroid dienone is 1. The summed E-state index contributed by atoms with van der Waals surface area (Å²) in [5.41, 5.74) is 4.27. The molecule has 2 rings (SSSR count). The fraction of sp³-hybridized carbons (Fsp3) is 0.375. The molecule has 0 saturated carbocycles. The molecule has 150 valence electrons. The van der Waals surface area contributed by atoms with Gasteiger partial charge in [0.05, 0.1) is 0 Å². The van der Waals surface area contributed by atoms with Gasteiger partial charge < -0.3 is 9.64 Å². The molecule has 0 radical (unpaired) electrons. The summed E-state index contributed by atoms with van der Waals surface area (Å²) < 4.78 is 5.50. The lowest BCUT2D eigenvalue weighted by atomic mass is 9.93. The number of rotatable bonds is 7. The van der Waals surface area contributed by atoms with E-state index < -0.39 is 6.09 Å². The van der Waals surface area contributed by atoms with Gasteiger partial charge >= 0.3 is 6.09 Å². The highest BCUT2D eigenvalue weighted by Gasteiger charge is 2.13. The molecule has 2 aromatic rings. The maximum absolute atomic E-state index is 12.3. The van der Waals surface area contributed by atoms with Gasteiger partial charge in [-0.25, -0.2) is 4.79 Å². The largest absolute Gasteiger partial charge is 0.417 e. The minimum atomic E-state index is -0.488. The van der Waals surface area contributed by atoms with Crippen LogP contribution in [0, 0.1) is 5.92 Å². The molecular formula is C24H32N2O2. The van der Waals surface area contributed by atoms with Gasteiger partial charge in [0.2, 0.25) is 0 Å². The highest BCUT2D eigenvalue weighted by Crippen LogP contribution is 2.27. The summed E-state index contributed by atoms with van der Waals surface area (Å²) in [5, 5.41) is 2.79. The average molecular weight is 381 g/mol. The van der Waals surface area contributed by atoms with Crippen molar-refractivity contribution in [2.24, 2.45) is 5.92 Å². The van der Waals surface area contributed by atoms with Crippen LogP contribution in [0.2, 0.25) is 0 Å². The van der Waals surface area contributed by atoms with Crippen molar-refractivity contribution in [3.63, 3.8) is 0 Å². The molecule has 0 heterocycles. The standard InChI is InChI=1S/C24H32N2O2/c1-7-23(18(4)16-26(5)6)20-9-8-10-22(15-20)28-24(27)25-21-13-11-19(12-14-21)17(2)3/h7-15,17-18H,16H2,1-6H3,(H,25,27)/t18-/m1/s1. The second-order valence-electron chi connectivity index (χ2n) is 7.73. The molecule has 0 aromatic heterocycles. The Kier molecular flexibility index (Phi) is 7.82. The summed E-state index contributed by atoms with van der Waals surface area (Å²) >= 11 is 0. The fourth-order valence-electron chi connectivity index (χ4n) is 3.32. The lowest BCUT2D eigenvalue weighted by molar-refractivity contribution is 0.215. The number of ether oxygens (including phenoxy) is 1. The van der Waals surface area contributed by atoms with E-state index in [0.29, 0.717) is 17.6 Å². The molecule has 1 N–H and O–H groups in total. The van der Waals surface area contributed by atoms with E-state index in [0.717, 1.165) is 17.8 Å². The van der Waals surface area contributed by atoms with Crippen LogP contribution in [0.4, 0.5) is 10.5 Å². The zero-order valence-corrected chi connectivity index (χ0v) is 17.8.